The maximum Gasteiger partial charge on any atom is 0.236 e. The van der Waals surface area contributed by atoms with Crippen molar-refractivity contribution in [3.05, 3.63) is 59.0 Å². The fourth-order valence-corrected chi connectivity index (χ4v) is 3.91. The van der Waals surface area contributed by atoms with Crippen LogP contribution in [-0.2, 0) is 6.54 Å². The minimum Gasteiger partial charge on any atom is -0.444 e. The molecule has 1 fully saturated rings. The van der Waals surface area contributed by atoms with E-state index in [0.29, 0.717) is 23.7 Å². The predicted molar refractivity (Wildman–Crippen MR) is 104 cm³/mol. The Balaban J connectivity index is 1.36. The molecule has 0 bridgehead atoms. The van der Waals surface area contributed by atoms with Crippen molar-refractivity contribution < 1.29 is 13.6 Å². The highest BCUT2D eigenvalue weighted by atomic mass is 32.1. The Hall–Kier alpha value is -2.51. The van der Waals surface area contributed by atoms with E-state index in [1.807, 2.05) is 22.4 Å². The van der Waals surface area contributed by atoms with Gasteiger partial charge < -0.3 is 9.32 Å². The average molecular weight is 385 g/mol. The molecule has 1 saturated heterocycles. The normalized spacial score (nSPS) is 15.3. The number of hydrogen-bond donors (Lipinski definition) is 0. The second-order valence-electron chi connectivity index (χ2n) is 6.61. The van der Waals surface area contributed by atoms with E-state index >= 15 is 0 Å². The van der Waals surface area contributed by atoms with Crippen molar-refractivity contribution in [3.63, 3.8) is 0 Å². The molecular weight excluding hydrogens is 365 g/mol. The first-order chi connectivity index (χ1) is 13.1. The Labute approximate surface area is 161 Å². The maximum absolute atomic E-state index is 14.3. The van der Waals surface area contributed by atoms with Gasteiger partial charge >= 0.3 is 0 Å². The number of ketones is 1. The zero-order chi connectivity index (χ0) is 18.8. The smallest absolute Gasteiger partial charge is 0.236 e. The van der Waals surface area contributed by atoms with Crippen molar-refractivity contribution in [2.75, 3.05) is 31.1 Å². The molecule has 0 aliphatic carbocycles. The lowest BCUT2D eigenvalue weighted by Crippen LogP contribution is -2.46. The lowest BCUT2D eigenvalue weighted by atomic mass is 10.1. The van der Waals surface area contributed by atoms with Gasteiger partial charge in [-0.15, -0.1) is 11.3 Å². The van der Waals surface area contributed by atoms with Crippen LogP contribution in [0.15, 0.2) is 46.4 Å². The maximum atomic E-state index is 14.3. The van der Waals surface area contributed by atoms with Gasteiger partial charge in [0.1, 0.15) is 12.1 Å². The van der Waals surface area contributed by atoms with Crippen LogP contribution in [-0.4, -0.2) is 41.8 Å². The summed E-state index contributed by atoms with van der Waals surface area (Å²) in [5, 5.41) is 2.00. The van der Waals surface area contributed by atoms with Gasteiger partial charge in [-0.1, -0.05) is 6.07 Å². The molecule has 140 valence electrons. The molecule has 2 aromatic heterocycles. The predicted octanol–water partition coefficient (Wildman–Crippen LogP) is 4.07. The fourth-order valence-electron chi connectivity index (χ4n) is 3.25. The van der Waals surface area contributed by atoms with Gasteiger partial charge in [0.05, 0.1) is 16.3 Å². The Bertz CT molecular complexity index is 931. The summed E-state index contributed by atoms with van der Waals surface area (Å²) in [5.74, 6) is 0.194. The summed E-state index contributed by atoms with van der Waals surface area (Å²) in [6, 6.07) is 8.68. The molecule has 3 aromatic rings. The number of piperazine rings is 1. The number of carbonyl (C=O) groups excluding carboxylic acids is 1. The topological polar surface area (TPSA) is 49.6 Å². The Morgan fingerprint density at radius 2 is 2.07 bits per heavy atom. The molecule has 1 aromatic carbocycles. The lowest BCUT2D eigenvalue weighted by Gasteiger charge is -2.35. The number of benzene rings is 1. The molecule has 1 aliphatic heterocycles. The average Bonchev–Trinajstić information content (AvgIpc) is 3.34. The third-order valence-corrected chi connectivity index (χ3v) is 5.59. The first-order valence-electron chi connectivity index (χ1n) is 8.86. The molecule has 0 unspecified atom stereocenters. The van der Waals surface area contributed by atoms with E-state index in [4.69, 9.17) is 4.42 Å². The number of Topliss-reactive ketones (excluding diaryl/α,β-unsaturated/α-hetero) is 1. The molecule has 0 saturated carbocycles. The molecule has 0 radical (unpaired) electrons. The summed E-state index contributed by atoms with van der Waals surface area (Å²) in [7, 11) is 0. The summed E-state index contributed by atoms with van der Waals surface area (Å²) in [6.45, 7) is 5.25. The summed E-state index contributed by atoms with van der Waals surface area (Å²) in [4.78, 5) is 21.3. The molecule has 0 atom stereocenters. The van der Waals surface area contributed by atoms with Crippen LogP contribution in [0.3, 0.4) is 0 Å². The number of thiophene rings is 1. The van der Waals surface area contributed by atoms with Crippen LogP contribution in [0.1, 0.15) is 23.0 Å². The van der Waals surface area contributed by atoms with Crippen molar-refractivity contribution in [3.8, 4) is 10.8 Å². The standard InChI is InChI=1S/C20H20FN3O2S/c1-14(25)15-4-5-18(17(21)11-15)24-8-6-23(7-9-24)12-16-13-26-20(22-16)19-3-2-10-27-19/h2-5,10-11,13H,6-9,12H2,1H3. The van der Waals surface area contributed by atoms with E-state index in [-0.39, 0.29) is 11.6 Å². The molecule has 0 N–H and O–H groups in total. The highest BCUT2D eigenvalue weighted by molar-refractivity contribution is 7.13. The van der Waals surface area contributed by atoms with Crippen LogP contribution in [0, 0.1) is 5.82 Å². The molecular formula is C20H20FN3O2S. The van der Waals surface area contributed by atoms with Crippen LogP contribution in [0.5, 0.6) is 0 Å². The number of aromatic nitrogens is 1. The van der Waals surface area contributed by atoms with Crippen LogP contribution >= 0.6 is 11.3 Å². The van der Waals surface area contributed by atoms with E-state index in [1.165, 1.54) is 13.0 Å². The second-order valence-corrected chi connectivity index (χ2v) is 7.55. The third-order valence-electron chi connectivity index (χ3n) is 4.74. The second kappa shape index (κ2) is 7.62. The molecule has 27 heavy (non-hydrogen) atoms. The van der Waals surface area contributed by atoms with Crippen LogP contribution in [0.2, 0.25) is 0 Å². The zero-order valence-corrected chi connectivity index (χ0v) is 15.8. The Morgan fingerprint density at radius 1 is 1.26 bits per heavy atom. The van der Waals surface area contributed by atoms with Crippen LogP contribution in [0.25, 0.3) is 10.8 Å². The molecule has 7 heteroatoms. The van der Waals surface area contributed by atoms with Gasteiger partial charge in [-0.3, -0.25) is 9.69 Å². The van der Waals surface area contributed by atoms with Gasteiger partial charge in [0.25, 0.3) is 0 Å². The monoisotopic (exact) mass is 385 g/mol. The van der Waals surface area contributed by atoms with Gasteiger partial charge in [0, 0.05) is 38.3 Å². The van der Waals surface area contributed by atoms with Crippen molar-refractivity contribution >= 4 is 22.8 Å². The zero-order valence-electron chi connectivity index (χ0n) is 15.0. The molecule has 5 nitrogen and oxygen atoms in total. The lowest BCUT2D eigenvalue weighted by molar-refractivity contribution is 0.101. The number of halogens is 1. The number of hydrogen-bond acceptors (Lipinski definition) is 6. The van der Waals surface area contributed by atoms with Crippen molar-refractivity contribution in [1.29, 1.82) is 0 Å². The van der Waals surface area contributed by atoms with E-state index < -0.39 is 0 Å². The van der Waals surface area contributed by atoms with Gasteiger partial charge in [0.2, 0.25) is 5.89 Å². The largest absolute Gasteiger partial charge is 0.444 e. The first-order valence-corrected chi connectivity index (χ1v) is 9.74. The highest BCUT2D eigenvalue weighted by Gasteiger charge is 2.21. The summed E-state index contributed by atoms with van der Waals surface area (Å²) < 4.78 is 19.9. The molecule has 0 spiro atoms. The fraction of sp³-hybridized carbons (Fsp3) is 0.300. The number of anilines is 1. The van der Waals surface area contributed by atoms with Crippen LogP contribution < -0.4 is 4.90 Å². The number of rotatable bonds is 5. The van der Waals surface area contributed by atoms with E-state index in [0.717, 1.165) is 36.8 Å². The van der Waals surface area contributed by atoms with Crippen LogP contribution in [0.4, 0.5) is 10.1 Å². The Kier molecular flexibility index (Phi) is 5.05. The van der Waals surface area contributed by atoms with Gasteiger partial charge in [-0.2, -0.15) is 0 Å². The van der Waals surface area contributed by atoms with E-state index in [2.05, 4.69) is 9.88 Å². The van der Waals surface area contributed by atoms with E-state index in [1.54, 1.807) is 29.7 Å². The van der Waals surface area contributed by atoms with Gasteiger partial charge in [-0.05, 0) is 36.6 Å². The van der Waals surface area contributed by atoms with Gasteiger partial charge in [0.15, 0.2) is 5.78 Å². The van der Waals surface area contributed by atoms with E-state index in [9.17, 15) is 9.18 Å². The summed E-state index contributed by atoms with van der Waals surface area (Å²) in [5.41, 5.74) is 1.87. The summed E-state index contributed by atoms with van der Waals surface area (Å²) >= 11 is 1.60. The molecule has 0 amide bonds. The third kappa shape index (κ3) is 3.94. The Morgan fingerprint density at radius 3 is 2.74 bits per heavy atom. The first kappa shape index (κ1) is 17.9. The number of nitrogens with zero attached hydrogens (tertiary/aromatic N) is 3. The molecule has 1 aliphatic rings. The minimum atomic E-state index is -0.340. The van der Waals surface area contributed by atoms with Crippen molar-refractivity contribution in [2.24, 2.45) is 0 Å². The number of oxazole rings is 1. The number of carbonyl (C=O) groups is 1. The quantitative estimate of drug-likeness (QED) is 0.620. The van der Waals surface area contributed by atoms with Gasteiger partial charge in [-0.25, -0.2) is 9.37 Å². The van der Waals surface area contributed by atoms with Crippen molar-refractivity contribution in [2.45, 2.75) is 13.5 Å². The highest BCUT2D eigenvalue weighted by Crippen LogP contribution is 2.25. The van der Waals surface area contributed by atoms with Crippen molar-refractivity contribution in [1.82, 2.24) is 9.88 Å². The summed E-state index contributed by atoms with van der Waals surface area (Å²) in [6.07, 6.45) is 1.71. The molecule has 3 heterocycles. The molecule has 4 rings (SSSR count). The minimum absolute atomic E-state index is 0.125. The SMILES string of the molecule is CC(=O)c1ccc(N2CCN(Cc3coc(-c4cccs4)n3)CC2)c(F)c1.